The smallest absolute Gasteiger partial charge is 0.255 e. The summed E-state index contributed by atoms with van der Waals surface area (Å²) in [6.07, 6.45) is 0. The van der Waals surface area contributed by atoms with E-state index in [1.54, 1.807) is 19.1 Å². The topological polar surface area (TPSA) is 29.1 Å². The van der Waals surface area contributed by atoms with E-state index in [-0.39, 0.29) is 5.56 Å². The van der Waals surface area contributed by atoms with Crippen LogP contribution in [0.25, 0.3) is 0 Å². The van der Waals surface area contributed by atoms with Gasteiger partial charge in [0.2, 0.25) is 0 Å². The van der Waals surface area contributed by atoms with Crippen LogP contribution in [0.1, 0.15) is 15.9 Å². The molecule has 2 aromatic carbocycles. The van der Waals surface area contributed by atoms with Gasteiger partial charge in [-0.3, -0.25) is 4.79 Å². The molecule has 0 unspecified atom stereocenters. The van der Waals surface area contributed by atoms with Crippen molar-refractivity contribution in [2.75, 3.05) is 5.32 Å². The van der Waals surface area contributed by atoms with Gasteiger partial charge in [0.1, 0.15) is 5.82 Å². The third-order valence-corrected chi connectivity index (χ3v) is 3.41. The average molecular weight is 298 g/mol. The van der Waals surface area contributed by atoms with Crippen molar-refractivity contribution in [2.24, 2.45) is 0 Å². The van der Waals surface area contributed by atoms with Crippen LogP contribution in [0.15, 0.2) is 36.4 Å². The van der Waals surface area contributed by atoms with Crippen molar-refractivity contribution in [3.05, 3.63) is 63.4 Å². The third kappa shape index (κ3) is 3.06. The Morgan fingerprint density at radius 2 is 1.95 bits per heavy atom. The van der Waals surface area contributed by atoms with Gasteiger partial charge in [-0.2, -0.15) is 0 Å². The number of hydrogen-bond donors (Lipinski definition) is 1. The lowest BCUT2D eigenvalue weighted by molar-refractivity contribution is 0.102. The highest BCUT2D eigenvalue weighted by Crippen LogP contribution is 2.33. The molecule has 0 aliphatic heterocycles. The maximum absolute atomic E-state index is 13.1. The number of amides is 1. The predicted molar refractivity (Wildman–Crippen MR) is 75.6 cm³/mol. The van der Waals surface area contributed by atoms with Crippen molar-refractivity contribution >= 4 is 34.8 Å². The van der Waals surface area contributed by atoms with Crippen LogP contribution in [0.4, 0.5) is 10.1 Å². The summed E-state index contributed by atoms with van der Waals surface area (Å²) in [7, 11) is 0. The molecule has 0 fully saturated rings. The summed E-state index contributed by atoms with van der Waals surface area (Å²) in [6, 6.07) is 8.78. The van der Waals surface area contributed by atoms with Gasteiger partial charge in [0.05, 0.1) is 15.7 Å². The molecule has 1 amide bonds. The predicted octanol–water partition coefficient (Wildman–Crippen LogP) is 4.69. The second-order valence-electron chi connectivity index (χ2n) is 4.02. The second-order valence-corrected chi connectivity index (χ2v) is 4.80. The average Bonchev–Trinajstić information content (AvgIpc) is 2.39. The van der Waals surface area contributed by atoms with E-state index < -0.39 is 11.7 Å². The Kier molecular flexibility index (Phi) is 4.08. The fraction of sp³-hybridized carbons (Fsp3) is 0.0714. The normalized spacial score (nSPS) is 10.3. The molecule has 0 spiro atoms. The molecule has 2 aromatic rings. The van der Waals surface area contributed by atoms with Crippen molar-refractivity contribution in [2.45, 2.75) is 6.92 Å². The van der Waals surface area contributed by atoms with Gasteiger partial charge in [0.15, 0.2) is 0 Å². The standard InChI is InChI=1S/C14H10Cl2FNO/c1-8-5-6-11(15)13(12(8)16)18-14(19)9-3-2-4-10(17)7-9/h2-7H,1H3,(H,18,19). The van der Waals surface area contributed by atoms with Crippen LogP contribution in [0.5, 0.6) is 0 Å². The SMILES string of the molecule is Cc1ccc(Cl)c(NC(=O)c2cccc(F)c2)c1Cl. The Balaban J connectivity index is 2.32. The Labute approximate surface area is 120 Å². The quantitative estimate of drug-likeness (QED) is 0.856. The van der Waals surface area contributed by atoms with Crippen molar-refractivity contribution < 1.29 is 9.18 Å². The van der Waals surface area contributed by atoms with Gasteiger partial charge >= 0.3 is 0 Å². The van der Waals surface area contributed by atoms with Crippen LogP contribution >= 0.6 is 23.2 Å². The molecule has 2 rings (SSSR count). The van der Waals surface area contributed by atoms with Crippen LogP contribution in [0, 0.1) is 12.7 Å². The van der Waals surface area contributed by atoms with Crippen molar-refractivity contribution in [1.29, 1.82) is 0 Å². The van der Waals surface area contributed by atoms with E-state index in [9.17, 15) is 9.18 Å². The van der Waals surface area contributed by atoms with E-state index in [0.717, 1.165) is 11.6 Å². The summed E-state index contributed by atoms with van der Waals surface area (Å²) in [5.74, 6) is -0.942. The molecule has 0 bridgehead atoms. The van der Waals surface area contributed by atoms with Crippen molar-refractivity contribution in [3.63, 3.8) is 0 Å². The van der Waals surface area contributed by atoms with Gasteiger partial charge in [0.25, 0.3) is 5.91 Å². The third-order valence-electron chi connectivity index (χ3n) is 2.61. The lowest BCUT2D eigenvalue weighted by atomic mass is 10.2. The molecule has 98 valence electrons. The minimum Gasteiger partial charge on any atom is -0.319 e. The van der Waals surface area contributed by atoms with Gasteiger partial charge < -0.3 is 5.32 Å². The minimum absolute atomic E-state index is 0.202. The van der Waals surface area contributed by atoms with Crippen molar-refractivity contribution in [1.82, 2.24) is 0 Å². The summed E-state index contributed by atoms with van der Waals surface area (Å²) >= 11 is 12.1. The maximum atomic E-state index is 13.1. The Morgan fingerprint density at radius 3 is 2.63 bits per heavy atom. The number of aryl methyl sites for hydroxylation is 1. The highest BCUT2D eigenvalue weighted by atomic mass is 35.5. The van der Waals surface area contributed by atoms with Crippen LogP contribution in [-0.2, 0) is 0 Å². The summed E-state index contributed by atoms with van der Waals surface area (Å²) in [6.45, 7) is 1.80. The van der Waals surface area contributed by atoms with Gasteiger partial charge in [-0.05, 0) is 36.8 Å². The molecule has 0 aromatic heterocycles. The number of hydrogen-bond acceptors (Lipinski definition) is 1. The number of benzene rings is 2. The summed E-state index contributed by atoms with van der Waals surface area (Å²) < 4.78 is 13.1. The van der Waals surface area contributed by atoms with Crippen LogP contribution in [-0.4, -0.2) is 5.91 Å². The largest absolute Gasteiger partial charge is 0.319 e. The number of carbonyl (C=O) groups excluding carboxylic acids is 1. The fourth-order valence-corrected chi connectivity index (χ4v) is 2.05. The van der Waals surface area contributed by atoms with Gasteiger partial charge in [-0.15, -0.1) is 0 Å². The number of carbonyl (C=O) groups is 1. The summed E-state index contributed by atoms with van der Waals surface area (Å²) in [5.41, 5.74) is 1.33. The highest BCUT2D eigenvalue weighted by molar-refractivity contribution is 6.40. The van der Waals surface area contributed by atoms with Crippen molar-refractivity contribution in [3.8, 4) is 0 Å². The van der Waals surface area contributed by atoms with Crippen LogP contribution in [0.2, 0.25) is 10.0 Å². The second kappa shape index (κ2) is 5.59. The van der Waals surface area contributed by atoms with Gasteiger partial charge in [0, 0.05) is 5.56 Å². The van der Waals surface area contributed by atoms with Crippen LogP contribution < -0.4 is 5.32 Å². The first-order valence-electron chi connectivity index (χ1n) is 5.50. The Morgan fingerprint density at radius 1 is 1.21 bits per heavy atom. The molecular formula is C14H10Cl2FNO. The maximum Gasteiger partial charge on any atom is 0.255 e. The molecular weight excluding hydrogens is 288 g/mol. The van der Waals surface area contributed by atoms with Gasteiger partial charge in [-0.25, -0.2) is 4.39 Å². The molecule has 0 radical (unpaired) electrons. The van der Waals surface area contributed by atoms with E-state index >= 15 is 0 Å². The molecule has 0 saturated heterocycles. The highest BCUT2D eigenvalue weighted by Gasteiger charge is 2.13. The lowest BCUT2D eigenvalue weighted by Crippen LogP contribution is -2.13. The minimum atomic E-state index is -0.478. The molecule has 19 heavy (non-hydrogen) atoms. The molecule has 0 saturated carbocycles. The molecule has 0 atom stereocenters. The number of halogens is 3. The van der Waals surface area contributed by atoms with E-state index in [0.29, 0.717) is 15.7 Å². The first-order valence-corrected chi connectivity index (χ1v) is 6.26. The summed E-state index contributed by atoms with van der Waals surface area (Å²) in [5, 5.41) is 3.30. The van der Waals surface area contributed by atoms with E-state index in [4.69, 9.17) is 23.2 Å². The molecule has 1 N–H and O–H groups in total. The molecule has 0 heterocycles. The van der Waals surface area contributed by atoms with Crippen LogP contribution in [0.3, 0.4) is 0 Å². The lowest BCUT2D eigenvalue weighted by Gasteiger charge is -2.11. The van der Waals surface area contributed by atoms with E-state index in [1.807, 2.05) is 0 Å². The zero-order chi connectivity index (χ0) is 14.0. The monoisotopic (exact) mass is 297 g/mol. The Bertz CT molecular complexity index is 643. The van der Waals surface area contributed by atoms with Gasteiger partial charge in [-0.1, -0.05) is 35.3 Å². The molecule has 2 nitrogen and oxygen atoms in total. The molecule has 0 aliphatic rings. The first-order chi connectivity index (χ1) is 8.99. The number of nitrogens with one attached hydrogen (secondary N) is 1. The van der Waals surface area contributed by atoms with E-state index in [2.05, 4.69) is 5.32 Å². The van der Waals surface area contributed by atoms with E-state index in [1.165, 1.54) is 18.2 Å². The summed E-state index contributed by atoms with van der Waals surface area (Å²) in [4.78, 5) is 12.0. The number of anilines is 1. The zero-order valence-electron chi connectivity index (χ0n) is 10.0. The molecule has 5 heteroatoms. The molecule has 0 aliphatic carbocycles. The fourth-order valence-electron chi connectivity index (χ4n) is 1.59. The first kappa shape index (κ1) is 13.8. The zero-order valence-corrected chi connectivity index (χ0v) is 11.5. The Hall–Kier alpha value is -1.58. The number of rotatable bonds is 2.